The number of aromatic nitrogens is 1. The van der Waals surface area contributed by atoms with Gasteiger partial charge in [-0.2, -0.15) is 13.2 Å². The second-order valence-corrected chi connectivity index (χ2v) is 10.0. The largest absolute Gasteiger partial charge is 0.418 e. The van der Waals surface area contributed by atoms with E-state index in [2.05, 4.69) is 16.4 Å². The number of rotatable bonds is 6. The summed E-state index contributed by atoms with van der Waals surface area (Å²) < 4.78 is 39.8. The average molecular weight is 502 g/mol. The molecular formula is C26H26F3N3O2S. The number of amides is 2. The minimum Gasteiger partial charge on any atom is -0.337 e. The summed E-state index contributed by atoms with van der Waals surface area (Å²) >= 11 is 1.70. The quantitative estimate of drug-likeness (QED) is 0.447. The molecule has 4 rings (SSSR count). The Kier molecular flexibility index (Phi) is 7.54. The van der Waals surface area contributed by atoms with E-state index in [0.717, 1.165) is 17.3 Å². The van der Waals surface area contributed by atoms with Crippen LogP contribution in [0.15, 0.2) is 54.7 Å². The summed E-state index contributed by atoms with van der Waals surface area (Å²) in [7, 11) is 0. The third kappa shape index (κ3) is 6.28. The summed E-state index contributed by atoms with van der Waals surface area (Å²) in [6.45, 7) is 2.76. The number of likely N-dealkylation sites (tertiary alicyclic amines) is 1. The lowest BCUT2D eigenvalue weighted by atomic mass is 9.89. The Labute approximate surface area is 206 Å². The molecule has 0 atom stereocenters. The van der Waals surface area contributed by atoms with E-state index in [0.29, 0.717) is 38.8 Å². The van der Waals surface area contributed by atoms with Crippen LogP contribution in [0.1, 0.15) is 56.6 Å². The lowest BCUT2D eigenvalue weighted by Crippen LogP contribution is -2.39. The molecule has 0 radical (unpaired) electrons. The fourth-order valence-corrected chi connectivity index (χ4v) is 5.18. The fraction of sp³-hybridized carbons (Fsp3) is 0.346. The van der Waals surface area contributed by atoms with Gasteiger partial charge in [0, 0.05) is 41.1 Å². The van der Waals surface area contributed by atoms with Crippen LogP contribution >= 0.6 is 11.3 Å². The molecule has 1 aliphatic rings. The molecule has 5 nitrogen and oxygen atoms in total. The Morgan fingerprint density at radius 1 is 1.09 bits per heavy atom. The highest BCUT2D eigenvalue weighted by molar-refractivity contribution is 7.11. The SMILES string of the molecule is Cc1ccc(CCC(=O)Nc2ccc(C3CCN(C(=O)c4ncccc4C(F)(F)F)CC3)cc2)s1. The Morgan fingerprint density at radius 2 is 1.80 bits per heavy atom. The van der Waals surface area contributed by atoms with Gasteiger partial charge >= 0.3 is 6.18 Å². The molecule has 2 aromatic heterocycles. The predicted molar refractivity (Wildman–Crippen MR) is 130 cm³/mol. The first-order chi connectivity index (χ1) is 16.7. The van der Waals surface area contributed by atoms with Crippen LogP contribution in [-0.4, -0.2) is 34.8 Å². The summed E-state index contributed by atoms with van der Waals surface area (Å²) in [5.74, 6) is -0.535. The smallest absolute Gasteiger partial charge is 0.337 e. The van der Waals surface area contributed by atoms with Gasteiger partial charge < -0.3 is 10.2 Å². The number of halogens is 3. The van der Waals surface area contributed by atoms with Crippen molar-refractivity contribution in [1.29, 1.82) is 0 Å². The molecule has 0 unspecified atom stereocenters. The Hall–Kier alpha value is -3.20. The van der Waals surface area contributed by atoms with Crippen molar-refractivity contribution in [1.82, 2.24) is 9.88 Å². The van der Waals surface area contributed by atoms with Crippen molar-refractivity contribution in [3.8, 4) is 0 Å². The van der Waals surface area contributed by atoms with Crippen molar-refractivity contribution in [3.05, 3.63) is 81.3 Å². The van der Waals surface area contributed by atoms with E-state index in [1.165, 1.54) is 26.9 Å². The summed E-state index contributed by atoms with van der Waals surface area (Å²) in [5, 5.41) is 2.92. The normalized spacial score (nSPS) is 14.7. The van der Waals surface area contributed by atoms with Gasteiger partial charge in [-0.3, -0.25) is 14.6 Å². The van der Waals surface area contributed by atoms with Crippen LogP contribution in [0.25, 0.3) is 0 Å². The van der Waals surface area contributed by atoms with Crippen LogP contribution in [-0.2, 0) is 17.4 Å². The van der Waals surface area contributed by atoms with Gasteiger partial charge in [0.05, 0.1) is 5.56 Å². The molecule has 184 valence electrons. The number of hydrogen-bond donors (Lipinski definition) is 1. The molecule has 1 fully saturated rings. The number of piperidine rings is 1. The zero-order valence-electron chi connectivity index (χ0n) is 19.3. The second kappa shape index (κ2) is 10.6. The summed E-state index contributed by atoms with van der Waals surface area (Å²) in [5.41, 5.74) is 0.254. The third-order valence-corrected chi connectivity index (χ3v) is 7.22. The number of benzene rings is 1. The maximum absolute atomic E-state index is 13.3. The Balaban J connectivity index is 1.29. The molecule has 0 aliphatic carbocycles. The molecule has 1 saturated heterocycles. The molecule has 1 aliphatic heterocycles. The van der Waals surface area contributed by atoms with E-state index in [4.69, 9.17) is 0 Å². The number of hydrogen-bond acceptors (Lipinski definition) is 4. The van der Waals surface area contributed by atoms with Gasteiger partial charge in [-0.15, -0.1) is 11.3 Å². The van der Waals surface area contributed by atoms with Crippen LogP contribution in [0.3, 0.4) is 0 Å². The lowest BCUT2D eigenvalue weighted by Gasteiger charge is -2.32. The van der Waals surface area contributed by atoms with Crippen molar-refractivity contribution in [2.75, 3.05) is 18.4 Å². The highest BCUT2D eigenvalue weighted by Crippen LogP contribution is 2.33. The van der Waals surface area contributed by atoms with Gasteiger partial charge in [0.1, 0.15) is 5.69 Å². The minimum absolute atomic E-state index is 0.0385. The van der Waals surface area contributed by atoms with Gasteiger partial charge in [-0.25, -0.2) is 0 Å². The van der Waals surface area contributed by atoms with Crippen molar-refractivity contribution < 1.29 is 22.8 Å². The van der Waals surface area contributed by atoms with Crippen molar-refractivity contribution in [3.63, 3.8) is 0 Å². The molecular weight excluding hydrogens is 475 g/mol. The van der Waals surface area contributed by atoms with Gasteiger partial charge in [0.25, 0.3) is 5.91 Å². The van der Waals surface area contributed by atoms with Crippen molar-refractivity contribution >= 4 is 28.8 Å². The number of pyridine rings is 1. The van der Waals surface area contributed by atoms with Crippen LogP contribution in [0.5, 0.6) is 0 Å². The first-order valence-electron chi connectivity index (χ1n) is 11.5. The topological polar surface area (TPSA) is 62.3 Å². The van der Waals surface area contributed by atoms with E-state index >= 15 is 0 Å². The molecule has 3 heterocycles. The number of alkyl halides is 3. The highest BCUT2D eigenvalue weighted by atomic mass is 32.1. The second-order valence-electron chi connectivity index (χ2n) is 8.65. The van der Waals surface area contributed by atoms with E-state index in [1.807, 2.05) is 37.3 Å². The van der Waals surface area contributed by atoms with Gasteiger partial charge in [-0.1, -0.05) is 12.1 Å². The molecule has 0 spiro atoms. The predicted octanol–water partition coefficient (Wildman–Crippen LogP) is 6.06. The molecule has 1 aromatic carbocycles. The Bertz CT molecular complexity index is 1180. The van der Waals surface area contributed by atoms with Crippen molar-refractivity contribution in [2.45, 2.75) is 44.7 Å². The molecule has 3 aromatic rings. The van der Waals surface area contributed by atoms with E-state index in [1.54, 1.807) is 11.3 Å². The molecule has 35 heavy (non-hydrogen) atoms. The number of carbonyl (C=O) groups is 2. The number of nitrogens with zero attached hydrogens (tertiary/aromatic N) is 2. The first kappa shape index (κ1) is 24.9. The van der Waals surface area contributed by atoms with Crippen molar-refractivity contribution in [2.24, 2.45) is 0 Å². The average Bonchev–Trinajstić information content (AvgIpc) is 3.27. The number of thiophene rings is 1. The molecule has 9 heteroatoms. The highest BCUT2D eigenvalue weighted by Gasteiger charge is 2.37. The van der Waals surface area contributed by atoms with Crippen LogP contribution in [0, 0.1) is 6.92 Å². The fourth-order valence-electron chi connectivity index (χ4n) is 4.29. The van der Waals surface area contributed by atoms with E-state index in [9.17, 15) is 22.8 Å². The van der Waals surface area contributed by atoms with E-state index in [-0.39, 0.29) is 11.8 Å². The third-order valence-electron chi connectivity index (χ3n) is 6.16. The number of anilines is 1. The zero-order chi connectivity index (χ0) is 25.0. The summed E-state index contributed by atoms with van der Waals surface area (Å²) in [6, 6.07) is 13.8. The Morgan fingerprint density at radius 3 is 2.43 bits per heavy atom. The monoisotopic (exact) mass is 501 g/mol. The van der Waals surface area contributed by atoms with Crippen LogP contribution < -0.4 is 5.32 Å². The van der Waals surface area contributed by atoms with Gasteiger partial charge in [-0.05, 0) is 74.1 Å². The first-order valence-corrected chi connectivity index (χ1v) is 12.3. The molecule has 0 bridgehead atoms. The zero-order valence-corrected chi connectivity index (χ0v) is 20.1. The van der Waals surface area contributed by atoms with E-state index < -0.39 is 23.3 Å². The molecule has 1 N–H and O–H groups in total. The van der Waals surface area contributed by atoms with Gasteiger partial charge in [0.15, 0.2) is 0 Å². The minimum atomic E-state index is -4.63. The van der Waals surface area contributed by atoms with Gasteiger partial charge in [0.2, 0.25) is 5.91 Å². The number of carbonyl (C=O) groups excluding carboxylic acids is 2. The molecule has 2 amide bonds. The van der Waals surface area contributed by atoms with Crippen LogP contribution in [0.2, 0.25) is 0 Å². The number of aryl methyl sites for hydroxylation is 2. The molecule has 0 saturated carbocycles. The number of nitrogens with one attached hydrogen (secondary N) is 1. The van der Waals surface area contributed by atoms with Crippen LogP contribution in [0.4, 0.5) is 18.9 Å². The summed E-state index contributed by atoms with van der Waals surface area (Å²) in [4.78, 5) is 32.6. The lowest BCUT2D eigenvalue weighted by molar-refractivity contribution is -0.138. The standard InChI is InChI=1S/C26H26F3N3O2S/c1-17-4-9-21(35-17)10-11-23(33)31-20-7-5-18(6-8-20)19-12-15-32(16-13-19)25(34)24-22(26(27,28)29)3-2-14-30-24/h2-9,14,19H,10-13,15-16H2,1H3,(H,31,33). The summed E-state index contributed by atoms with van der Waals surface area (Å²) in [6.07, 6.45) is -1.00. The maximum atomic E-state index is 13.3. The maximum Gasteiger partial charge on any atom is 0.418 e.